The van der Waals surface area contributed by atoms with E-state index in [4.69, 9.17) is 9.97 Å². The summed E-state index contributed by atoms with van der Waals surface area (Å²) in [6.07, 6.45) is 6.72. The molecule has 1 amide bonds. The molecule has 4 aromatic rings. The fourth-order valence-electron chi connectivity index (χ4n) is 5.86. The Morgan fingerprint density at radius 2 is 2.09 bits per heavy atom. The Morgan fingerprint density at radius 3 is 3.03 bits per heavy atom. The highest BCUT2D eigenvalue weighted by Gasteiger charge is 2.38. The molecule has 0 bridgehead atoms. The van der Waals surface area contributed by atoms with Crippen LogP contribution in [0.2, 0.25) is 0 Å². The van der Waals surface area contributed by atoms with Crippen LogP contribution < -0.4 is 20.9 Å². The molecule has 0 aromatic carbocycles. The minimum atomic E-state index is -0.0971. The summed E-state index contributed by atoms with van der Waals surface area (Å²) in [4.78, 5) is 29.5. The first kappa shape index (κ1) is 20.4. The first-order valence-corrected chi connectivity index (χ1v) is 12.1. The van der Waals surface area contributed by atoms with Crippen LogP contribution in [-0.2, 0) is 13.6 Å². The number of fused-ring (bicyclic) bond motifs is 3. The summed E-state index contributed by atoms with van der Waals surface area (Å²) >= 11 is 0. The van der Waals surface area contributed by atoms with Crippen LogP contribution in [0, 0.1) is 5.92 Å². The predicted molar refractivity (Wildman–Crippen MR) is 135 cm³/mol. The molecule has 3 aliphatic rings. The van der Waals surface area contributed by atoms with Crippen LogP contribution >= 0.6 is 0 Å². The zero-order valence-corrected chi connectivity index (χ0v) is 19.5. The number of pyridine rings is 3. The predicted octanol–water partition coefficient (Wildman–Crippen LogP) is 2.82. The zero-order chi connectivity index (χ0) is 23.5. The van der Waals surface area contributed by atoms with Crippen molar-refractivity contribution in [2.24, 2.45) is 13.0 Å². The van der Waals surface area contributed by atoms with E-state index in [2.05, 4.69) is 31.9 Å². The van der Waals surface area contributed by atoms with E-state index in [1.807, 2.05) is 42.1 Å². The molecule has 0 saturated carbocycles. The van der Waals surface area contributed by atoms with Gasteiger partial charge in [-0.2, -0.15) is 0 Å². The van der Waals surface area contributed by atoms with Gasteiger partial charge in [-0.3, -0.25) is 9.78 Å². The summed E-state index contributed by atoms with van der Waals surface area (Å²) in [5.41, 5.74) is 4.87. The maximum atomic E-state index is 12.9. The largest absolute Gasteiger partial charge is 0.352 e. The molecule has 3 N–H and O–H groups in total. The van der Waals surface area contributed by atoms with Gasteiger partial charge < -0.3 is 25.4 Å². The van der Waals surface area contributed by atoms with E-state index in [-0.39, 0.29) is 5.91 Å². The van der Waals surface area contributed by atoms with Gasteiger partial charge in [0.1, 0.15) is 17.3 Å². The summed E-state index contributed by atoms with van der Waals surface area (Å²) in [5, 5.41) is 10.9. The van der Waals surface area contributed by atoms with Crippen LogP contribution in [0.1, 0.15) is 22.3 Å². The molecule has 0 aliphatic carbocycles. The topological polar surface area (TPSA) is 100 Å². The third-order valence-electron chi connectivity index (χ3n) is 7.59. The number of nitrogens with one attached hydrogen (secondary N) is 3. The maximum Gasteiger partial charge on any atom is 0.254 e. The lowest BCUT2D eigenvalue weighted by Gasteiger charge is -2.25. The molecule has 2 saturated heterocycles. The number of rotatable bonds is 4. The summed E-state index contributed by atoms with van der Waals surface area (Å²) < 4.78 is 1.99. The third kappa shape index (κ3) is 3.19. The lowest BCUT2D eigenvalue weighted by atomic mass is 10.0. The van der Waals surface area contributed by atoms with Crippen molar-refractivity contribution in [2.75, 3.05) is 29.9 Å². The third-order valence-corrected chi connectivity index (χ3v) is 7.59. The van der Waals surface area contributed by atoms with Gasteiger partial charge >= 0.3 is 0 Å². The quantitative estimate of drug-likeness (QED) is 0.425. The Kier molecular flexibility index (Phi) is 4.53. The standard InChI is InChI=1S/C26H26N8O/c1-33-9-7-17-16(5-8-28-25(17)33)24-18-12-30-26(35)23(18)19(13-29-24)31-21-3-2-4-22(32-21)34-10-6-15-11-27-14-20(15)34/h2-5,7-9,13,15,20,27H,6,10-12,14H2,1H3,(H,30,35)(H,31,32). The average Bonchev–Trinajstić information content (AvgIpc) is 3.65. The fourth-order valence-corrected chi connectivity index (χ4v) is 5.86. The number of amides is 1. The van der Waals surface area contributed by atoms with E-state index >= 15 is 0 Å². The highest BCUT2D eigenvalue weighted by Crippen LogP contribution is 2.36. The van der Waals surface area contributed by atoms with Gasteiger partial charge in [0.2, 0.25) is 0 Å². The van der Waals surface area contributed by atoms with Gasteiger partial charge in [0.05, 0.1) is 23.1 Å². The minimum Gasteiger partial charge on any atom is -0.352 e. The molecular weight excluding hydrogens is 440 g/mol. The van der Waals surface area contributed by atoms with Gasteiger partial charge in [-0.05, 0) is 36.6 Å². The Labute approximate surface area is 202 Å². The normalized spacial score (nSPS) is 20.8. The van der Waals surface area contributed by atoms with Crippen LogP contribution in [-0.4, -0.2) is 51.1 Å². The summed E-state index contributed by atoms with van der Waals surface area (Å²) in [6.45, 7) is 3.57. The van der Waals surface area contributed by atoms with E-state index in [9.17, 15) is 4.79 Å². The highest BCUT2D eigenvalue weighted by atomic mass is 16.1. The molecule has 7 rings (SSSR count). The number of carbonyl (C=O) groups is 1. The second-order valence-corrected chi connectivity index (χ2v) is 9.55. The molecule has 4 aromatic heterocycles. The van der Waals surface area contributed by atoms with Crippen molar-refractivity contribution in [3.05, 3.63) is 60.0 Å². The molecule has 7 heterocycles. The number of carbonyl (C=O) groups excluding carboxylic acids is 1. The van der Waals surface area contributed by atoms with Crippen molar-refractivity contribution in [3.8, 4) is 11.3 Å². The molecule has 2 fully saturated rings. The van der Waals surface area contributed by atoms with Crippen LogP contribution in [0.25, 0.3) is 22.3 Å². The Morgan fingerprint density at radius 1 is 1.14 bits per heavy atom. The average molecular weight is 467 g/mol. The molecule has 0 spiro atoms. The number of anilines is 3. The Balaban J connectivity index is 1.25. The number of nitrogens with zero attached hydrogens (tertiary/aromatic N) is 5. The number of hydrogen-bond donors (Lipinski definition) is 3. The van der Waals surface area contributed by atoms with Gasteiger partial charge in [0, 0.05) is 68.2 Å². The van der Waals surface area contributed by atoms with E-state index < -0.39 is 0 Å². The fraction of sp³-hybridized carbons (Fsp3) is 0.308. The molecule has 35 heavy (non-hydrogen) atoms. The lowest BCUT2D eigenvalue weighted by molar-refractivity contribution is 0.0966. The molecule has 0 radical (unpaired) electrons. The van der Waals surface area contributed by atoms with E-state index in [0.717, 1.165) is 53.3 Å². The van der Waals surface area contributed by atoms with E-state index in [0.29, 0.717) is 35.6 Å². The summed E-state index contributed by atoms with van der Waals surface area (Å²) in [5.74, 6) is 2.28. The second kappa shape index (κ2) is 7.78. The molecule has 9 nitrogen and oxygen atoms in total. The van der Waals surface area contributed by atoms with Gasteiger partial charge in [0.25, 0.3) is 5.91 Å². The van der Waals surface area contributed by atoms with Crippen LogP contribution in [0.15, 0.2) is 48.9 Å². The van der Waals surface area contributed by atoms with Crippen molar-refractivity contribution < 1.29 is 4.79 Å². The van der Waals surface area contributed by atoms with Gasteiger partial charge in [-0.1, -0.05) is 6.07 Å². The Hall–Kier alpha value is -3.98. The van der Waals surface area contributed by atoms with Crippen molar-refractivity contribution in [2.45, 2.75) is 19.0 Å². The minimum absolute atomic E-state index is 0.0971. The van der Waals surface area contributed by atoms with E-state index in [1.165, 1.54) is 6.42 Å². The summed E-state index contributed by atoms with van der Waals surface area (Å²) in [7, 11) is 1.97. The second-order valence-electron chi connectivity index (χ2n) is 9.55. The molecule has 2 unspecified atom stereocenters. The zero-order valence-electron chi connectivity index (χ0n) is 19.5. The smallest absolute Gasteiger partial charge is 0.254 e. The van der Waals surface area contributed by atoms with Crippen molar-refractivity contribution in [1.82, 2.24) is 30.2 Å². The van der Waals surface area contributed by atoms with Gasteiger partial charge in [-0.25, -0.2) is 9.97 Å². The highest BCUT2D eigenvalue weighted by molar-refractivity contribution is 6.06. The molecule has 2 atom stereocenters. The maximum absolute atomic E-state index is 12.9. The summed E-state index contributed by atoms with van der Waals surface area (Å²) in [6, 6.07) is 10.5. The van der Waals surface area contributed by atoms with Gasteiger partial charge in [-0.15, -0.1) is 0 Å². The lowest BCUT2D eigenvalue weighted by Crippen LogP contribution is -2.34. The molecule has 176 valence electrons. The van der Waals surface area contributed by atoms with Crippen molar-refractivity contribution in [3.63, 3.8) is 0 Å². The van der Waals surface area contributed by atoms with Crippen LogP contribution in [0.4, 0.5) is 17.3 Å². The molecular formula is C26H26N8O. The first-order valence-electron chi connectivity index (χ1n) is 12.1. The first-order chi connectivity index (χ1) is 17.2. The van der Waals surface area contributed by atoms with Crippen molar-refractivity contribution >= 4 is 34.3 Å². The van der Waals surface area contributed by atoms with Crippen LogP contribution in [0.5, 0.6) is 0 Å². The van der Waals surface area contributed by atoms with Crippen molar-refractivity contribution in [1.29, 1.82) is 0 Å². The van der Waals surface area contributed by atoms with Crippen LogP contribution in [0.3, 0.4) is 0 Å². The van der Waals surface area contributed by atoms with Gasteiger partial charge in [0.15, 0.2) is 0 Å². The number of aryl methyl sites for hydroxylation is 1. The monoisotopic (exact) mass is 466 g/mol. The molecule has 3 aliphatic heterocycles. The SMILES string of the molecule is Cn1ccc2c(-c3ncc(Nc4cccc(N5CCC6CNCC65)n4)c4c3CNC4=O)ccnc21. The Bertz CT molecular complexity index is 1480. The number of hydrogen-bond acceptors (Lipinski definition) is 7. The molecule has 9 heteroatoms. The number of aromatic nitrogens is 4. The van der Waals surface area contributed by atoms with E-state index in [1.54, 1.807) is 12.4 Å².